The SMILES string of the molecule is C=CC(=O)N1CC[C@@H](F)[C@@H](OC(=C)/N=C(CN/C(C=N)=C/NCCF)\N=C2/CC(F)=CN2)C1. The fourth-order valence-electron chi connectivity index (χ4n) is 2.99. The minimum absolute atomic E-state index is 0.0142. The van der Waals surface area contributed by atoms with Crippen LogP contribution in [0.1, 0.15) is 12.8 Å². The molecule has 180 valence electrons. The van der Waals surface area contributed by atoms with Gasteiger partial charge in [-0.15, -0.1) is 0 Å². The van der Waals surface area contributed by atoms with Crippen molar-refractivity contribution in [1.29, 1.82) is 5.41 Å². The molecule has 2 rings (SSSR count). The molecule has 1 fully saturated rings. The predicted octanol–water partition coefficient (Wildman–Crippen LogP) is 1.84. The number of carbonyl (C=O) groups is 1. The van der Waals surface area contributed by atoms with Crippen molar-refractivity contribution < 1.29 is 22.7 Å². The summed E-state index contributed by atoms with van der Waals surface area (Å²) >= 11 is 0. The molecule has 1 amide bonds. The smallest absolute Gasteiger partial charge is 0.246 e. The Bertz CT molecular complexity index is 870. The van der Waals surface area contributed by atoms with Gasteiger partial charge < -0.3 is 31.0 Å². The number of piperidine rings is 1. The van der Waals surface area contributed by atoms with Crippen molar-refractivity contribution in [2.45, 2.75) is 25.1 Å². The summed E-state index contributed by atoms with van der Waals surface area (Å²) in [5.41, 5.74) is 0.321. The van der Waals surface area contributed by atoms with Gasteiger partial charge in [0.05, 0.1) is 25.2 Å². The Kier molecular flexibility index (Phi) is 10.2. The summed E-state index contributed by atoms with van der Waals surface area (Å²) in [6.45, 7) is 6.89. The molecule has 2 heterocycles. The molecule has 4 N–H and O–H groups in total. The van der Waals surface area contributed by atoms with E-state index in [0.717, 1.165) is 12.3 Å². The lowest BCUT2D eigenvalue weighted by Gasteiger charge is -2.34. The Balaban J connectivity index is 2.10. The molecular weight excluding hydrogens is 439 g/mol. The van der Waals surface area contributed by atoms with Crippen molar-refractivity contribution in [1.82, 2.24) is 20.9 Å². The maximum Gasteiger partial charge on any atom is 0.246 e. The standard InChI is InChI=1S/C21H28F3N7O2/c1-3-21(32)31-7-4-17(24)18(13-31)33-14(2)29-20(30-19-8-15(23)10-28-19)12-27-16(9-25)11-26-6-5-22/h3,9-11,17-18,25-27H,1-2,4-8,12-13H2,(H,28,29,30)/b16-11+,25-9?/t17-,18+/m1/s1. The van der Waals surface area contributed by atoms with Gasteiger partial charge in [0.25, 0.3) is 0 Å². The van der Waals surface area contributed by atoms with Gasteiger partial charge in [0.2, 0.25) is 11.8 Å². The fourth-order valence-corrected chi connectivity index (χ4v) is 2.99. The highest BCUT2D eigenvalue weighted by Gasteiger charge is 2.32. The lowest BCUT2D eigenvalue weighted by molar-refractivity contribution is -0.131. The maximum atomic E-state index is 14.4. The molecule has 0 aromatic carbocycles. The molecular formula is C21H28F3N7O2. The number of rotatable bonds is 11. The molecule has 12 heteroatoms. The fraction of sp³-hybridized carbons (Fsp3) is 0.429. The second-order valence-electron chi connectivity index (χ2n) is 7.08. The number of carbonyl (C=O) groups excluding carboxylic acids is 1. The molecule has 2 aliphatic heterocycles. The highest BCUT2D eigenvalue weighted by atomic mass is 19.1. The first kappa shape index (κ1) is 25.7. The van der Waals surface area contributed by atoms with Crippen LogP contribution < -0.4 is 16.0 Å². The van der Waals surface area contributed by atoms with Crippen LogP contribution in [0.2, 0.25) is 0 Å². The van der Waals surface area contributed by atoms with Crippen LogP contribution in [0.3, 0.4) is 0 Å². The van der Waals surface area contributed by atoms with E-state index in [1.807, 2.05) is 0 Å². The topological polar surface area (TPSA) is 114 Å². The summed E-state index contributed by atoms with van der Waals surface area (Å²) in [7, 11) is 0. The van der Waals surface area contributed by atoms with E-state index in [1.54, 1.807) is 0 Å². The lowest BCUT2D eigenvalue weighted by Crippen LogP contribution is -2.48. The number of alkyl halides is 2. The Hall–Kier alpha value is -3.57. The van der Waals surface area contributed by atoms with Crippen molar-refractivity contribution in [3.05, 3.63) is 49.0 Å². The highest BCUT2D eigenvalue weighted by Crippen LogP contribution is 2.20. The average molecular weight is 467 g/mol. The largest absolute Gasteiger partial charge is 0.470 e. The van der Waals surface area contributed by atoms with E-state index >= 15 is 0 Å². The Morgan fingerprint density at radius 3 is 2.91 bits per heavy atom. The van der Waals surface area contributed by atoms with Gasteiger partial charge in [-0.1, -0.05) is 6.58 Å². The van der Waals surface area contributed by atoms with Gasteiger partial charge in [-0.25, -0.2) is 18.2 Å². The zero-order valence-corrected chi connectivity index (χ0v) is 18.1. The number of nitrogens with zero attached hydrogens (tertiary/aromatic N) is 3. The first-order valence-electron chi connectivity index (χ1n) is 10.3. The van der Waals surface area contributed by atoms with Crippen LogP contribution >= 0.6 is 0 Å². The second kappa shape index (κ2) is 13.1. The number of hydrogen-bond acceptors (Lipinski definition) is 6. The summed E-state index contributed by atoms with van der Waals surface area (Å²) < 4.78 is 45.5. The van der Waals surface area contributed by atoms with E-state index in [9.17, 15) is 18.0 Å². The third kappa shape index (κ3) is 8.47. The third-order valence-electron chi connectivity index (χ3n) is 4.60. The van der Waals surface area contributed by atoms with Gasteiger partial charge in [-0.3, -0.25) is 4.79 Å². The molecule has 0 aromatic rings. The monoisotopic (exact) mass is 467 g/mol. The molecule has 0 radical (unpaired) electrons. The van der Waals surface area contributed by atoms with Gasteiger partial charge in [0.15, 0.2) is 5.84 Å². The van der Waals surface area contributed by atoms with Crippen LogP contribution in [-0.4, -0.2) is 73.8 Å². The third-order valence-corrected chi connectivity index (χ3v) is 4.60. The molecule has 0 aromatic heterocycles. The summed E-state index contributed by atoms with van der Waals surface area (Å²) in [6, 6.07) is 0. The van der Waals surface area contributed by atoms with Crippen molar-refractivity contribution in [3.8, 4) is 0 Å². The Morgan fingerprint density at radius 1 is 1.48 bits per heavy atom. The number of allylic oxidation sites excluding steroid dienone is 1. The van der Waals surface area contributed by atoms with E-state index in [0.29, 0.717) is 11.5 Å². The first-order chi connectivity index (χ1) is 15.9. The molecule has 9 nitrogen and oxygen atoms in total. The van der Waals surface area contributed by atoms with Crippen LogP contribution in [-0.2, 0) is 9.53 Å². The molecule has 0 saturated carbocycles. The van der Waals surface area contributed by atoms with Crippen molar-refractivity contribution in [3.63, 3.8) is 0 Å². The van der Waals surface area contributed by atoms with E-state index in [4.69, 9.17) is 10.1 Å². The normalized spacial score (nSPS) is 22.3. The van der Waals surface area contributed by atoms with Crippen LogP contribution in [0.4, 0.5) is 13.2 Å². The number of aliphatic imine (C=N–C) groups is 2. The summed E-state index contributed by atoms with van der Waals surface area (Å²) in [6.07, 6.45) is 2.52. The van der Waals surface area contributed by atoms with E-state index < -0.39 is 24.8 Å². The van der Waals surface area contributed by atoms with E-state index in [2.05, 4.69) is 39.1 Å². The predicted molar refractivity (Wildman–Crippen MR) is 121 cm³/mol. The highest BCUT2D eigenvalue weighted by molar-refractivity contribution is 6.00. The van der Waals surface area contributed by atoms with Crippen LogP contribution in [0, 0.1) is 5.41 Å². The number of amidine groups is 2. The Labute approximate surface area is 190 Å². The maximum absolute atomic E-state index is 14.4. The zero-order valence-electron chi connectivity index (χ0n) is 18.1. The molecule has 1 saturated heterocycles. The van der Waals surface area contributed by atoms with Gasteiger partial charge in [-0.2, -0.15) is 4.99 Å². The quantitative estimate of drug-likeness (QED) is 0.122. The summed E-state index contributed by atoms with van der Waals surface area (Å²) in [4.78, 5) is 21.7. The number of ether oxygens (including phenoxy) is 1. The van der Waals surface area contributed by atoms with Crippen LogP contribution in [0.15, 0.2) is 59.0 Å². The molecule has 2 aliphatic rings. The first-order valence-corrected chi connectivity index (χ1v) is 10.3. The van der Waals surface area contributed by atoms with Crippen LogP contribution in [0.25, 0.3) is 0 Å². The van der Waals surface area contributed by atoms with Crippen LogP contribution in [0.5, 0.6) is 0 Å². The summed E-state index contributed by atoms with van der Waals surface area (Å²) in [5, 5.41) is 15.7. The molecule has 2 atom stereocenters. The van der Waals surface area contributed by atoms with Gasteiger partial charge >= 0.3 is 0 Å². The Morgan fingerprint density at radius 2 is 2.27 bits per heavy atom. The lowest BCUT2D eigenvalue weighted by atomic mass is 10.1. The zero-order chi connectivity index (χ0) is 24.2. The molecule has 0 aliphatic carbocycles. The number of amides is 1. The molecule has 33 heavy (non-hydrogen) atoms. The summed E-state index contributed by atoms with van der Waals surface area (Å²) in [5.74, 6) is -0.454. The number of halogens is 3. The molecule has 0 spiro atoms. The molecule has 0 unspecified atom stereocenters. The average Bonchev–Trinajstić information content (AvgIpc) is 3.21. The molecule has 0 bridgehead atoms. The van der Waals surface area contributed by atoms with E-state index in [-0.39, 0.29) is 56.6 Å². The second-order valence-corrected chi connectivity index (χ2v) is 7.08. The van der Waals surface area contributed by atoms with E-state index in [1.165, 1.54) is 17.3 Å². The van der Waals surface area contributed by atoms with Gasteiger partial charge in [0.1, 0.15) is 30.6 Å². The van der Waals surface area contributed by atoms with Crippen molar-refractivity contribution in [2.75, 3.05) is 32.9 Å². The minimum atomic E-state index is -1.32. The minimum Gasteiger partial charge on any atom is -0.470 e. The number of nitrogens with one attached hydrogen (secondary N) is 4. The number of hydrogen-bond donors (Lipinski definition) is 4. The van der Waals surface area contributed by atoms with Crippen molar-refractivity contribution in [2.24, 2.45) is 9.98 Å². The van der Waals surface area contributed by atoms with Gasteiger partial charge in [0, 0.05) is 31.7 Å². The number of likely N-dealkylation sites (tertiary alicyclic amines) is 1. The van der Waals surface area contributed by atoms with Crippen molar-refractivity contribution >= 4 is 23.8 Å². The van der Waals surface area contributed by atoms with Gasteiger partial charge in [-0.05, 0) is 19.1 Å².